The van der Waals surface area contributed by atoms with Crippen molar-refractivity contribution in [2.45, 2.75) is 0 Å². The molecule has 0 rings (SSSR count). The molecule has 0 aliphatic heterocycles. The van der Waals surface area contributed by atoms with Gasteiger partial charge in [0.05, 0.1) is 7.29 Å². The van der Waals surface area contributed by atoms with Crippen molar-refractivity contribution in [1.29, 1.82) is 0 Å². The van der Waals surface area contributed by atoms with Crippen LogP contribution in [0.15, 0.2) is 0 Å². The molecule has 0 bridgehead atoms. The van der Waals surface area contributed by atoms with E-state index in [0.29, 0.717) is 0 Å². The molecule has 0 aromatic carbocycles. The maximum Gasteiger partial charge on any atom is 0.146 e. The van der Waals surface area contributed by atoms with Crippen LogP contribution in [0, 0.1) is 0 Å². The van der Waals surface area contributed by atoms with Crippen molar-refractivity contribution in [3.05, 3.63) is 0 Å². The molecule has 0 aromatic rings. The second-order valence-electron chi connectivity index (χ2n) is 0.0714. The van der Waals surface area contributed by atoms with Gasteiger partial charge in [-0.05, 0) is 0 Å². The Kier molecular flexibility index (Phi) is 20.1. The molecule has 0 unspecified atom stereocenters. The summed E-state index contributed by atoms with van der Waals surface area (Å²) in [5.74, 6) is 0. The van der Waals surface area contributed by atoms with Crippen molar-refractivity contribution in [1.82, 2.24) is 0 Å². The summed E-state index contributed by atoms with van der Waals surface area (Å²) >= 11 is 9.58. The zero-order valence-corrected chi connectivity index (χ0v) is 6.77. The van der Waals surface area contributed by atoms with Crippen LogP contribution >= 0.6 is 29.8 Å². The second kappa shape index (κ2) is 8.82. The Bertz CT molecular complexity index is 6.00. The molecular formula is H3AlCl2P. The molecule has 4 heteroatoms. The molecule has 25 valence electrons. The molecule has 1 radical (unpaired) electrons. The molecule has 0 heterocycles. The van der Waals surface area contributed by atoms with Crippen LogP contribution in [0.4, 0.5) is 0 Å². The van der Waals surface area contributed by atoms with E-state index in [1.807, 2.05) is 0 Å². The third-order valence-corrected chi connectivity index (χ3v) is 0. The number of halogens is 2. The summed E-state index contributed by atoms with van der Waals surface area (Å²) in [4.78, 5) is 0. The normalized spacial score (nSPS) is 4.50. The Morgan fingerprint density at radius 3 is 1.25 bits per heavy atom. The van der Waals surface area contributed by atoms with E-state index in [0.717, 1.165) is 0 Å². The van der Waals surface area contributed by atoms with Gasteiger partial charge >= 0.3 is 0 Å². The van der Waals surface area contributed by atoms with Gasteiger partial charge in [0.15, 0.2) is 0 Å². The standard InChI is InChI=1S/Al.Cl2HP.2H/c;1-3-2;;/h;3H;;. The van der Waals surface area contributed by atoms with E-state index < -0.39 is 0 Å². The van der Waals surface area contributed by atoms with E-state index in [4.69, 9.17) is 22.5 Å². The Morgan fingerprint density at radius 1 is 1.25 bits per heavy atom. The molecule has 0 aliphatic rings. The maximum atomic E-state index is 4.79. The van der Waals surface area contributed by atoms with Crippen molar-refractivity contribution in [2.75, 3.05) is 0 Å². The smallest absolute Gasteiger partial charge is 0.0818 e. The molecular weight excluding hydrogens is 129 g/mol. The van der Waals surface area contributed by atoms with Crippen LogP contribution in [-0.4, -0.2) is 17.4 Å². The van der Waals surface area contributed by atoms with E-state index in [1.165, 1.54) is 0 Å². The van der Waals surface area contributed by atoms with Gasteiger partial charge in [0.1, 0.15) is 17.4 Å². The first-order chi connectivity index (χ1) is 1.41. The largest absolute Gasteiger partial charge is 0.146 e. The number of hydrogen-bond acceptors (Lipinski definition) is 0. The lowest BCUT2D eigenvalue weighted by Crippen LogP contribution is -0.641. The van der Waals surface area contributed by atoms with Crippen molar-refractivity contribution >= 4 is 47.1 Å². The lowest BCUT2D eigenvalue weighted by Gasteiger charge is -1.42. The molecule has 0 nitrogen and oxygen atoms in total. The Balaban J connectivity index is 0. The predicted octanol–water partition coefficient (Wildman–Crippen LogP) is 1.06. The molecule has 0 fully saturated rings. The number of rotatable bonds is 0. The van der Waals surface area contributed by atoms with E-state index in [-0.39, 0.29) is 24.6 Å². The third kappa shape index (κ3) is 9.62. The minimum Gasteiger partial charge on any atom is -0.0818 e. The van der Waals surface area contributed by atoms with Crippen LogP contribution in [0.2, 0.25) is 0 Å². The van der Waals surface area contributed by atoms with Crippen LogP contribution in [0.3, 0.4) is 0 Å². The lowest BCUT2D eigenvalue weighted by molar-refractivity contribution is 4.88. The highest BCUT2D eigenvalue weighted by Crippen LogP contribution is 2.19. The maximum absolute atomic E-state index is 4.79. The fourth-order valence-electron chi connectivity index (χ4n) is 0. The second-order valence-corrected chi connectivity index (χ2v) is 1.93. The average Bonchev–Trinajstić information content (AvgIpc) is 0.918. The zero-order valence-electron chi connectivity index (χ0n) is 2.26. The summed E-state index contributed by atoms with van der Waals surface area (Å²) in [6.07, 6.45) is 0. The van der Waals surface area contributed by atoms with Crippen molar-refractivity contribution in [3.63, 3.8) is 0 Å². The predicted molar refractivity (Wildman–Crippen MR) is 28.6 cm³/mol. The van der Waals surface area contributed by atoms with Crippen molar-refractivity contribution in [2.24, 2.45) is 0 Å². The van der Waals surface area contributed by atoms with Crippen LogP contribution < -0.4 is 0 Å². The third-order valence-electron chi connectivity index (χ3n) is 0. The van der Waals surface area contributed by atoms with Gasteiger partial charge in [0.25, 0.3) is 0 Å². The molecule has 0 N–H and O–H groups in total. The summed E-state index contributed by atoms with van der Waals surface area (Å²) < 4.78 is 0. The summed E-state index contributed by atoms with van der Waals surface area (Å²) in [7, 11) is 0.0278. The fraction of sp³-hybridized carbons (Fsp3) is 0. The summed E-state index contributed by atoms with van der Waals surface area (Å²) in [6.45, 7) is 0. The highest BCUT2D eigenvalue weighted by atomic mass is 35.9. The molecule has 0 amide bonds. The quantitative estimate of drug-likeness (QED) is 0.341. The summed E-state index contributed by atoms with van der Waals surface area (Å²) in [6, 6.07) is 0. The van der Waals surface area contributed by atoms with E-state index >= 15 is 0 Å². The minimum atomic E-state index is 0. The first-order valence-corrected chi connectivity index (χ1v) is 3.40. The number of hydrogen-bond donors (Lipinski definition) is 0. The monoisotopic (exact) mass is 131 g/mol. The first-order valence-electron chi connectivity index (χ1n) is 0.378. The highest BCUT2D eigenvalue weighted by Gasteiger charge is 1.41. The van der Waals surface area contributed by atoms with Crippen LogP contribution in [0.5, 0.6) is 0 Å². The molecule has 4 heavy (non-hydrogen) atoms. The SMILES string of the molecule is ClPCl.[AlH2]. The topological polar surface area (TPSA) is 0 Å². The first kappa shape index (κ1) is 9.11. The van der Waals surface area contributed by atoms with E-state index in [2.05, 4.69) is 0 Å². The van der Waals surface area contributed by atoms with Crippen molar-refractivity contribution in [3.8, 4) is 0 Å². The summed E-state index contributed by atoms with van der Waals surface area (Å²) in [5.41, 5.74) is 0. The Labute approximate surface area is 47.4 Å². The molecule has 0 aliphatic carbocycles. The van der Waals surface area contributed by atoms with Gasteiger partial charge in [0, 0.05) is 0 Å². The van der Waals surface area contributed by atoms with Gasteiger partial charge in [0.2, 0.25) is 0 Å². The average molecular weight is 132 g/mol. The minimum absolute atomic E-state index is 0. The highest BCUT2D eigenvalue weighted by molar-refractivity contribution is 7.90. The van der Waals surface area contributed by atoms with Crippen molar-refractivity contribution < 1.29 is 0 Å². The van der Waals surface area contributed by atoms with Gasteiger partial charge < -0.3 is 0 Å². The van der Waals surface area contributed by atoms with Crippen LogP contribution in [-0.2, 0) is 0 Å². The van der Waals surface area contributed by atoms with Gasteiger partial charge in [-0.1, -0.05) is 22.5 Å². The van der Waals surface area contributed by atoms with Crippen LogP contribution in [0.1, 0.15) is 0 Å². The van der Waals surface area contributed by atoms with Gasteiger partial charge in [-0.15, -0.1) is 0 Å². The zero-order chi connectivity index (χ0) is 2.71. The Hall–Kier alpha value is 1.54. The lowest BCUT2D eigenvalue weighted by atomic mass is 27.0. The molecule has 0 spiro atoms. The van der Waals surface area contributed by atoms with Gasteiger partial charge in [-0.3, -0.25) is 0 Å². The van der Waals surface area contributed by atoms with Gasteiger partial charge in [-0.25, -0.2) is 0 Å². The fourth-order valence-corrected chi connectivity index (χ4v) is 0. The summed E-state index contributed by atoms with van der Waals surface area (Å²) in [5, 5.41) is 0. The molecule has 0 saturated carbocycles. The molecule has 0 saturated heterocycles. The van der Waals surface area contributed by atoms with E-state index in [9.17, 15) is 0 Å². The molecule has 0 aromatic heterocycles. The Morgan fingerprint density at radius 2 is 1.25 bits per heavy atom. The van der Waals surface area contributed by atoms with E-state index in [1.54, 1.807) is 0 Å². The van der Waals surface area contributed by atoms with Gasteiger partial charge in [-0.2, -0.15) is 0 Å². The van der Waals surface area contributed by atoms with Crippen LogP contribution in [0.25, 0.3) is 0 Å². The molecule has 0 atom stereocenters.